The van der Waals surface area contributed by atoms with Crippen LogP contribution in [0.5, 0.6) is 0 Å². The maximum absolute atomic E-state index is 5.85. The molecule has 0 unspecified atom stereocenters. The minimum Gasteiger partial charge on any atom is -0.314 e. The smallest absolute Gasteiger partial charge is 0.0406 e. The third-order valence-electron chi connectivity index (χ3n) is 2.91. The molecular weight excluding hydrogens is 250 g/mol. The highest BCUT2D eigenvalue weighted by Gasteiger charge is 2.19. The maximum atomic E-state index is 5.85. The average Bonchev–Trinajstić information content (AvgIpc) is 3.14. The molecule has 17 heavy (non-hydrogen) atoms. The highest BCUT2D eigenvalue weighted by molar-refractivity contribution is 7.98. The molecule has 94 valence electrons. The summed E-state index contributed by atoms with van der Waals surface area (Å²) >= 11 is 7.86. The average molecular weight is 270 g/mol. The summed E-state index contributed by atoms with van der Waals surface area (Å²) in [6, 6.07) is 9.03. The Hall–Kier alpha value is -0.180. The normalized spacial score (nSPS) is 15.1. The van der Waals surface area contributed by atoms with Crippen LogP contribution in [-0.2, 0) is 5.75 Å². The van der Waals surface area contributed by atoms with E-state index in [9.17, 15) is 0 Å². The van der Waals surface area contributed by atoms with Gasteiger partial charge in [0.05, 0.1) is 0 Å². The van der Waals surface area contributed by atoms with Gasteiger partial charge < -0.3 is 5.32 Å². The van der Waals surface area contributed by atoms with E-state index >= 15 is 0 Å². The molecule has 2 rings (SSSR count). The van der Waals surface area contributed by atoms with Gasteiger partial charge in [-0.25, -0.2) is 0 Å². The Bertz CT molecular complexity index is 321. The van der Waals surface area contributed by atoms with Crippen LogP contribution in [0.25, 0.3) is 0 Å². The van der Waals surface area contributed by atoms with Gasteiger partial charge in [-0.2, -0.15) is 11.8 Å². The quantitative estimate of drug-likeness (QED) is 0.713. The Balaban J connectivity index is 1.46. The van der Waals surface area contributed by atoms with Crippen LogP contribution < -0.4 is 5.32 Å². The van der Waals surface area contributed by atoms with E-state index in [0.29, 0.717) is 0 Å². The van der Waals surface area contributed by atoms with Crippen LogP contribution >= 0.6 is 23.4 Å². The third-order valence-corrected chi connectivity index (χ3v) is 4.27. The number of rotatable bonds is 8. The summed E-state index contributed by atoms with van der Waals surface area (Å²) in [6.07, 6.45) is 5.42. The molecular formula is C14H20ClNS. The van der Waals surface area contributed by atoms with Gasteiger partial charge in [-0.05, 0) is 55.7 Å². The predicted octanol–water partition coefficient (Wildman–Crippen LogP) is 4.11. The van der Waals surface area contributed by atoms with Crippen LogP contribution in [0.3, 0.4) is 0 Å². The highest BCUT2D eigenvalue weighted by atomic mass is 35.5. The highest BCUT2D eigenvalue weighted by Crippen LogP contribution is 2.19. The summed E-state index contributed by atoms with van der Waals surface area (Å²) in [5.41, 5.74) is 1.37. The molecule has 1 aliphatic carbocycles. The molecule has 0 radical (unpaired) electrons. The first kappa shape index (κ1) is 13.3. The zero-order chi connectivity index (χ0) is 11.9. The van der Waals surface area contributed by atoms with Crippen molar-refractivity contribution in [1.82, 2.24) is 5.32 Å². The lowest BCUT2D eigenvalue weighted by Crippen LogP contribution is -2.17. The summed E-state index contributed by atoms with van der Waals surface area (Å²) in [5, 5.41) is 4.37. The van der Waals surface area contributed by atoms with E-state index in [0.717, 1.165) is 16.8 Å². The lowest BCUT2D eigenvalue weighted by atomic mass is 10.2. The molecule has 1 N–H and O–H groups in total. The van der Waals surface area contributed by atoms with E-state index in [2.05, 4.69) is 17.4 Å². The van der Waals surface area contributed by atoms with E-state index < -0.39 is 0 Å². The maximum Gasteiger partial charge on any atom is 0.0406 e. The number of unbranched alkanes of at least 4 members (excludes halogenated alkanes) is 1. The predicted molar refractivity (Wildman–Crippen MR) is 77.9 cm³/mol. The molecule has 1 nitrogen and oxygen atoms in total. The number of benzene rings is 1. The molecule has 0 atom stereocenters. The fourth-order valence-electron chi connectivity index (χ4n) is 1.69. The Morgan fingerprint density at radius 2 is 1.94 bits per heavy atom. The van der Waals surface area contributed by atoms with Crippen molar-refractivity contribution in [2.45, 2.75) is 37.5 Å². The van der Waals surface area contributed by atoms with Gasteiger partial charge in [0, 0.05) is 16.8 Å². The van der Waals surface area contributed by atoms with Crippen molar-refractivity contribution in [2.24, 2.45) is 0 Å². The van der Waals surface area contributed by atoms with E-state index in [-0.39, 0.29) is 0 Å². The second-order valence-electron chi connectivity index (χ2n) is 4.61. The third kappa shape index (κ3) is 5.80. The van der Waals surface area contributed by atoms with E-state index in [4.69, 9.17) is 11.6 Å². The standard InChI is InChI=1S/C14H20ClNS/c15-13-5-3-12(4-6-13)11-17-10-2-1-9-16-14-7-8-14/h3-6,14,16H,1-2,7-11H2. The van der Waals surface area contributed by atoms with Crippen molar-refractivity contribution >= 4 is 23.4 Å². The van der Waals surface area contributed by atoms with Gasteiger partial charge in [0.2, 0.25) is 0 Å². The topological polar surface area (TPSA) is 12.0 Å². The Morgan fingerprint density at radius 3 is 2.65 bits per heavy atom. The van der Waals surface area contributed by atoms with Gasteiger partial charge in [-0.15, -0.1) is 0 Å². The minimum absolute atomic E-state index is 0.824. The lowest BCUT2D eigenvalue weighted by molar-refractivity contribution is 0.640. The summed E-state index contributed by atoms with van der Waals surface area (Å²) in [7, 11) is 0. The summed E-state index contributed by atoms with van der Waals surface area (Å²) in [5.74, 6) is 2.36. The van der Waals surface area contributed by atoms with Gasteiger partial charge >= 0.3 is 0 Å². The number of nitrogens with one attached hydrogen (secondary N) is 1. The Labute approximate surface area is 113 Å². The first-order valence-electron chi connectivity index (χ1n) is 6.40. The molecule has 1 fully saturated rings. The molecule has 3 heteroatoms. The van der Waals surface area contributed by atoms with Crippen molar-refractivity contribution in [1.29, 1.82) is 0 Å². The zero-order valence-corrected chi connectivity index (χ0v) is 11.7. The molecule has 0 heterocycles. The van der Waals surface area contributed by atoms with Crippen LogP contribution in [0.1, 0.15) is 31.2 Å². The van der Waals surface area contributed by atoms with E-state index in [1.54, 1.807) is 0 Å². The molecule has 0 spiro atoms. The molecule has 0 aliphatic heterocycles. The van der Waals surface area contributed by atoms with Crippen molar-refractivity contribution in [2.75, 3.05) is 12.3 Å². The fourth-order valence-corrected chi connectivity index (χ4v) is 2.80. The van der Waals surface area contributed by atoms with Crippen molar-refractivity contribution in [3.05, 3.63) is 34.9 Å². The first-order chi connectivity index (χ1) is 8.34. The van der Waals surface area contributed by atoms with Crippen LogP contribution in [0.15, 0.2) is 24.3 Å². The van der Waals surface area contributed by atoms with Gasteiger partial charge in [-0.1, -0.05) is 23.7 Å². The summed E-state index contributed by atoms with van der Waals surface area (Å²) in [6.45, 7) is 1.20. The number of thioether (sulfide) groups is 1. The zero-order valence-electron chi connectivity index (χ0n) is 10.1. The van der Waals surface area contributed by atoms with Gasteiger partial charge in [0.25, 0.3) is 0 Å². The SMILES string of the molecule is Clc1ccc(CSCCCCNC2CC2)cc1. The van der Waals surface area contributed by atoms with Crippen molar-refractivity contribution < 1.29 is 0 Å². The molecule has 0 amide bonds. The van der Waals surface area contributed by atoms with Gasteiger partial charge in [-0.3, -0.25) is 0 Å². The second-order valence-corrected chi connectivity index (χ2v) is 6.16. The monoisotopic (exact) mass is 269 g/mol. The summed E-state index contributed by atoms with van der Waals surface area (Å²) < 4.78 is 0. The number of hydrogen-bond acceptors (Lipinski definition) is 2. The van der Waals surface area contributed by atoms with E-state index in [1.807, 2.05) is 23.9 Å². The Kier molecular flexibility index (Phi) is 5.69. The number of hydrogen-bond donors (Lipinski definition) is 1. The molecule has 0 bridgehead atoms. The summed E-state index contributed by atoms with van der Waals surface area (Å²) in [4.78, 5) is 0. The lowest BCUT2D eigenvalue weighted by Gasteiger charge is -2.03. The van der Waals surface area contributed by atoms with Crippen LogP contribution in [0.4, 0.5) is 0 Å². The molecule has 0 saturated heterocycles. The van der Waals surface area contributed by atoms with Crippen LogP contribution in [0.2, 0.25) is 5.02 Å². The molecule has 1 aromatic rings. The van der Waals surface area contributed by atoms with Gasteiger partial charge in [0.15, 0.2) is 0 Å². The van der Waals surface area contributed by atoms with Crippen molar-refractivity contribution in [3.63, 3.8) is 0 Å². The second kappa shape index (κ2) is 7.30. The van der Waals surface area contributed by atoms with Gasteiger partial charge in [0.1, 0.15) is 0 Å². The Morgan fingerprint density at radius 1 is 1.18 bits per heavy atom. The molecule has 0 aromatic heterocycles. The number of halogens is 1. The molecule has 1 aromatic carbocycles. The van der Waals surface area contributed by atoms with Crippen LogP contribution in [-0.4, -0.2) is 18.3 Å². The minimum atomic E-state index is 0.824. The van der Waals surface area contributed by atoms with E-state index in [1.165, 1.54) is 43.5 Å². The van der Waals surface area contributed by atoms with Crippen LogP contribution in [0, 0.1) is 0 Å². The first-order valence-corrected chi connectivity index (χ1v) is 7.93. The molecule has 1 aliphatic rings. The van der Waals surface area contributed by atoms with Crippen molar-refractivity contribution in [3.8, 4) is 0 Å². The largest absolute Gasteiger partial charge is 0.314 e. The fraction of sp³-hybridized carbons (Fsp3) is 0.571. The molecule has 1 saturated carbocycles.